The number of carbonyl (C=O) groups is 1. The summed E-state index contributed by atoms with van der Waals surface area (Å²) < 4.78 is 28.7. The van der Waals surface area contributed by atoms with E-state index in [-0.39, 0.29) is 6.54 Å². The number of allylic oxidation sites excluding steroid dienone is 2. The Bertz CT molecular complexity index is 592. The molecule has 7 nitrogen and oxygen atoms in total. The Hall–Kier alpha value is -0.960. The molecule has 138 valence electrons. The molecule has 1 N–H and O–H groups in total. The molecule has 24 heavy (non-hydrogen) atoms. The molecule has 2 fully saturated rings. The zero-order valence-electron chi connectivity index (χ0n) is 14.9. The van der Waals surface area contributed by atoms with E-state index in [1.165, 1.54) is 8.61 Å². The van der Waals surface area contributed by atoms with E-state index in [0.29, 0.717) is 52.0 Å². The van der Waals surface area contributed by atoms with Crippen LogP contribution in [-0.4, -0.2) is 79.3 Å². The second-order valence-corrected chi connectivity index (χ2v) is 9.15. The SMILES string of the molecule is CC(C)=CC[C@@]1(C(=O)O)CCCN(S(=O)(=O)N2CCN(C)CC2)C1. The van der Waals surface area contributed by atoms with Gasteiger partial charge < -0.3 is 10.0 Å². The minimum Gasteiger partial charge on any atom is -0.481 e. The average Bonchev–Trinajstić information content (AvgIpc) is 2.53. The van der Waals surface area contributed by atoms with Gasteiger partial charge in [-0.3, -0.25) is 4.79 Å². The Morgan fingerprint density at radius 2 is 1.75 bits per heavy atom. The van der Waals surface area contributed by atoms with Crippen LogP contribution in [-0.2, 0) is 15.0 Å². The Morgan fingerprint density at radius 3 is 2.29 bits per heavy atom. The van der Waals surface area contributed by atoms with E-state index in [0.717, 1.165) is 5.57 Å². The monoisotopic (exact) mass is 359 g/mol. The summed E-state index contributed by atoms with van der Waals surface area (Å²) in [6, 6.07) is 0. The first-order valence-electron chi connectivity index (χ1n) is 8.48. The third-order valence-electron chi connectivity index (χ3n) is 5.01. The molecule has 0 aromatic rings. The lowest BCUT2D eigenvalue weighted by atomic mass is 9.77. The number of carboxylic acid groups (broad SMARTS) is 1. The third kappa shape index (κ3) is 4.17. The first-order valence-corrected chi connectivity index (χ1v) is 9.88. The number of rotatable bonds is 5. The molecule has 0 aromatic heterocycles. The van der Waals surface area contributed by atoms with Gasteiger partial charge in [0.1, 0.15) is 0 Å². The first-order chi connectivity index (χ1) is 11.2. The smallest absolute Gasteiger partial charge is 0.311 e. The standard InChI is InChI=1S/C16H29N3O4S/c1-14(2)5-7-16(15(20)21)6-4-8-19(13-16)24(22,23)18-11-9-17(3)10-12-18/h5H,4,6-13H2,1-3H3,(H,20,21)/t16-/m0/s1. The molecule has 0 bridgehead atoms. The molecule has 0 spiro atoms. The number of nitrogens with zero attached hydrogens (tertiary/aromatic N) is 3. The van der Waals surface area contributed by atoms with Crippen LogP contribution in [0.15, 0.2) is 11.6 Å². The fraction of sp³-hybridized carbons (Fsp3) is 0.812. The number of piperazine rings is 1. The van der Waals surface area contributed by atoms with E-state index >= 15 is 0 Å². The second kappa shape index (κ2) is 7.51. The number of hydrogen-bond donors (Lipinski definition) is 1. The summed E-state index contributed by atoms with van der Waals surface area (Å²) in [6.07, 6.45) is 3.37. The highest BCUT2D eigenvalue weighted by atomic mass is 32.2. The topological polar surface area (TPSA) is 81.2 Å². The average molecular weight is 359 g/mol. The van der Waals surface area contributed by atoms with Crippen LogP contribution in [0.3, 0.4) is 0 Å². The molecule has 0 aliphatic carbocycles. The maximum absolute atomic E-state index is 12.9. The molecule has 2 heterocycles. The number of hydrogen-bond acceptors (Lipinski definition) is 4. The highest BCUT2D eigenvalue weighted by molar-refractivity contribution is 7.86. The van der Waals surface area contributed by atoms with Crippen molar-refractivity contribution in [2.24, 2.45) is 5.41 Å². The minimum absolute atomic E-state index is 0.0563. The molecule has 0 aromatic carbocycles. The lowest BCUT2D eigenvalue weighted by molar-refractivity contribution is -0.151. The molecule has 0 amide bonds. The Morgan fingerprint density at radius 1 is 1.12 bits per heavy atom. The summed E-state index contributed by atoms with van der Waals surface area (Å²) in [5.41, 5.74) is 0.0319. The van der Waals surface area contributed by atoms with Gasteiger partial charge in [-0.25, -0.2) is 0 Å². The summed E-state index contributed by atoms with van der Waals surface area (Å²) in [6.45, 7) is 6.64. The Balaban J connectivity index is 2.18. The van der Waals surface area contributed by atoms with Gasteiger partial charge in [-0.2, -0.15) is 17.0 Å². The van der Waals surface area contributed by atoms with E-state index in [1.807, 2.05) is 27.0 Å². The molecule has 2 saturated heterocycles. The van der Waals surface area contributed by atoms with Crippen molar-refractivity contribution >= 4 is 16.2 Å². The van der Waals surface area contributed by atoms with Gasteiger partial charge in [0.25, 0.3) is 10.2 Å². The summed E-state index contributed by atoms with van der Waals surface area (Å²) in [5.74, 6) is -0.904. The van der Waals surface area contributed by atoms with Crippen LogP contribution in [0.1, 0.15) is 33.1 Å². The normalized spacial score (nSPS) is 27.8. The highest BCUT2D eigenvalue weighted by Gasteiger charge is 2.46. The maximum Gasteiger partial charge on any atom is 0.311 e. The lowest BCUT2D eigenvalue weighted by Crippen LogP contribution is -2.56. The van der Waals surface area contributed by atoms with E-state index in [9.17, 15) is 18.3 Å². The molecule has 2 aliphatic rings. The largest absolute Gasteiger partial charge is 0.481 e. The quantitative estimate of drug-likeness (QED) is 0.741. The van der Waals surface area contributed by atoms with Crippen LogP contribution >= 0.6 is 0 Å². The number of piperidine rings is 1. The van der Waals surface area contributed by atoms with E-state index in [1.54, 1.807) is 0 Å². The number of aliphatic carboxylic acids is 1. The van der Waals surface area contributed by atoms with Crippen molar-refractivity contribution in [3.63, 3.8) is 0 Å². The van der Waals surface area contributed by atoms with Crippen LogP contribution in [0.2, 0.25) is 0 Å². The number of likely N-dealkylation sites (N-methyl/N-ethyl adjacent to an activating group) is 1. The van der Waals surface area contributed by atoms with Gasteiger partial charge >= 0.3 is 5.97 Å². The minimum atomic E-state index is -3.60. The van der Waals surface area contributed by atoms with Gasteiger partial charge in [0.2, 0.25) is 0 Å². The molecule has 8 heteroatoms. The second-order valence-electron chi connectivity index (χ2n) is 7.22. The van der Waals surface area contributed by atoms with Gasteiger partial charge in [-0.05, 0) is 40.2 Å². The van der Waals surface area contributed by atoms with Crippen molar-refractivity contribution in [3.8, 4) is 0 Å². The van der Waals surface area contributed by atoms with Crippen molar-refractivity contribution in [2.75, 3.05) is 46.3 Å². The molecule has 0 radical (unpaired) electrons. The van der Waals surface area contributed by atoms with Crippen LogP contribution < -0.4 is 0 Å². The molecule has 1 atom stereocenters. The van der Waals surface area contributed by atoms with Crippen LogP contribution in [0.4, 0.5) is 0 Å². The van der Waals surface area contributed by atoms with Gasteiger partial charge in [-0.15, -0.1) is 0 Å². The van der Waals surface area contributed by atoms with Crippen molar-refractivity contribution in [3.05, 3.63) is 11.6 Å². The van der Waals surface area contributed by atoms with Crippen molar-refractivity contribution in [2.45, 2.75) is 33.1 Å². The van der Waals surface area contributed by atoms with Crippen LogP contribution in [0, 0.1) is 5.41 Å². The van der Waals surface area contributed by atoms with Crippen molar-refractivity contribution in [1.82, 2.24) is 13.5 Å². The molecule has 2 rings (SSSR count). The van der Waals surface area contributed by atoms with Crippen LogP contribution in [0.5, 0.6) is 0 Å². The summed E-state index contributed by atoms with van der Waals surface area (Å²) >= 11 is 0. The fourth-order valence-corrected chi connectivity index (χ4v) is 5.02. The van der Waals surface area contributed by atoms with Crippen molar-refractivity contribution < 1.29 is 18.3 Å². The molecule has 0 saturated carbocycles. The van der Waals surface area contributed by atoms with Crippen molar-refractivity contribution in [1.29, 1.82) is 0 Å². The Kier molecular flexibility index (Phi) is 6.06. The fourth-order valence-electron chi connectivity index (χ4n) is 3.30. The van der Waals surface area contributed by atoms with Gasteiger partial charge in [0.15, 0.2) is 0 Å². The third-order valence-corrected chi connectivity index (χ3v) is 6.99. The van der Waals surface area contributed by atoms with Gasteiger partial charge in [0.05, 0.1) is 5.41 Å². The van der Waals surface area contributed by atoms with E-state index in [4.69, 9.17) is 0 Å². The molecular formula is C16H29N3O4S. The predicted molar refractivity (Wildman–Crippen MR) is 92.9 cm³/mol. The van der Waals surface area contributed by atoms with Gasteiger partial charge in [0, 0.05) is 39.3 Å². The summed E-state index contributed by atoms with van der Waals surface area (Å²) in [4.78, 5) is 14.0. The summed E-state index contributed by atoms with van der Waals surface area (Å²) in [5, 5.41) is 9.76. The van der Waals surface area contributed by atoms with Crippen LogP contribution in [0.25, 0.3) is 0 Å². The molecular weight excluding hydrogens is 330 g/mol. The zero-order valence-corrected chi connectivity index (χ0v) is 15.7. The maximum atomic E-state index is 12.9. The predicted octanol–water partition coefficient (Wildman–Crippen LogP) is 1.00. The number of carboxylic acids is 1. The molecule has 2 aliphatic heterocycles. The van der Waals surface area contributed by atoms with Gasteiger partial charge in [-0.1, -0.05) is 11.6 Å². The summed E-state index contributed by atoms with van der Waals surface area (Å²) in [7, 11) is -1.62. The molecule has 0 unspecified atom stereocenters. The highest BCUT2D eigenvalue weighted by Crippen LogP contribution is 2.36. The first kappa shape index (κ1) is 19.4. The van der Waals surface area contributed by atoms with E-state index in [2.05, 4.69) is 4.90 Å². The lowest BCUT2D eigenvalue weighted by Gasteiger charge is -2.42. The Labute approximate surface area is 145 Å². The van der Waals surface area contributed by atoms with E-state index < -0.39 is 21.6 Å². The zero-order chi connectivity index (χ0) is 18.0.